The average molecular weight is 246 g/mol. The van der Waals surface area contributed by atoms with Crippen molar-refractivity contribution in [3.8, 4) is 0 Å². The van der Waals surface area contributed by atoms with Gasteiger partial charge in [0.1, 0.15) is 11.6 Å². The minimum atomic E-state index is -0.531. The van der Waals surface area contributed by atoms with Crippen molar-refractivity contribution in [1.29, 1.82) is 0 Å². The predicted molar refractivity (Wildman–Crippen MR) is 60.5 cm³/mol. The van der Waals surface area contributed by atoms with Crippen molar-refractivity contribution in [2.24, 2.45) is 0 Å². The first-order valence-corrected chi connectivity index (χ1v) is 5.98. The van der Waals surface area contributed by atoms with Gasteiger partial charge in [0.2, 0.25) is 0 Å². The van der Waals surface area contributed by atoms with Crippen LogP contribution in [-0.2, 0) is 6.54 Å². The molecule has 1 heterocycles. The van der Waals surface area contributed by atoms with E-state index in [9.17, 15) is 8.78 Å². The van der Waals surface area contributed by atoms with Gasteiger partial charge < -0.3 is 0 Å². The van der Waals surface area contributed by atoms with E-state index in [1.54, 1.807) is 0 Å². The lowest BCUT2D eigenvalue weighted by Crippen LogP contribution is -2.30. The van der Waals surface area contributed by atoms with Gasteiger partial charge in [-0.05, 0) is 25.5 Å². The average Bonchev–Trinajstić information content (AvgIpc) is 2.69. The van der Waals surface area contributed by atoms with Crippen molar-refractivity contribution in [1.82, 2.24) is 4.90 Å². The maximum absolute atomic E-state index is 13.4. The Labute approximate surface area is 99.0 Å². The molecule has 0 radical (unpaired) electrons. The van der Waals surface area contributed by atoms with Gasteiger partial charge in [-0.15, -0.1) is 11.6 Å². The fourth-order valence-electron chi connectivity index (χ4n) is 2.15. The monoisotopic (exact) mass is 245 g/mol. The van der Waals surface area contributed by atoms with E-state index in [-0.39, 0.29) is 0 Å². The number of benzene rings is 1. The summed E-state index contributed by atoms with van der Waals surface area (Å²) in [5.41, 5.74) is 0.540. The molecular weight excluding hydrogens is 232 g/mol. The van der Waals surface area contributed by atoms with Gasteiger partial charge in [0.15, 0.2) is 0 Å². The fourth-order valence-corrected chi connectivity index (χ4v) is 2.50. The molecular formula is C12H14ClF2N. The van der Waals surface area contributed by atoms with Crippen LogP contribution in [0.15, 0.2) is 18.2 Å². The second-order valence-electron chi connectivity index (χ2n) is 4.16. The van der Waals surface area contributed by atoms with Crippen LogP contribution in [0.3, 0.4) is 0 Å². The Bertz CT molecular complexity index is 370. The summed E-state index contributed by atoms with van der Waals surface area (Å²) in [6.07, 6.45) is 2.16. The van der Waals surface area contributed by atoms with Crippen molar-refractivity contribution in [2.45, 2.75) is 25.4 Å². The van der Waals surface area contributed by atoms with Gasteiger partial charge in [-0.25, -0.2) is 8.78 Å². The highest BCUT2D eigenvalue weighted by Crippen LogP contribution is 2.22. The Morgan fingerprint density at radius 2 is 2.19 bits per heavy atom. The molecule has 0 saturated carbocycles. The van der Waals surface area contributed by atoms with Crippen molar-refractivity contribution in [2.75, 3.05) is 12.4 Å². The summed E-state index contributed by atoms with van der Waals surface area (Å²) in [7, 11) is 0. The van der Waals surface area contributed by atoms with Crippen LogP contribution >= 0.6 is 11.6 Å². The number of nitrogens with zero attached hydrogens (tertiary/aromatic N) is 1. The second kappa shape index (κ2) is 5.11. The Balaban J connectivity index is 2.08. The van der Waals surface area contributed by atoms with E-state index in [1.165, 1.54) is 12.1 Å². The van der Waals surface area contributed by atoms with Gasteiger partial charge in [-0.3, -0.25) is 4.90 Å². The molecule has 0 bridgehead atoms. The van der Waals surface area contributed by atoms with Crippen molar-refractivity contribution >= 4 is 11.6 Å². The summed E-state index contributed by atoms with van der Waals surface area (Å²) < 4.78 is 26.2. The first kappa shape index (κ1) is 11.8. The normalized spacial score (nSPS) is 21.6. The summed E-state index contributed by atoms with van der Waals surface area (Å²) in [6, 6.07) is 4.06. The van der Waals surface area contributed by atoms with Crippen LogP contribution in [0.4, 0.5) is 8.78 Å². The molecule has 1 aliphatic heterocycles. The third kappa shape index (κ3) is 2.53. The summed E-state index contributed by atoms with van der Waals surface area (Å²) in [5, 5.41) is 0. The highest BCUT2D eigenvalue weighted by atomic mass is 35.5. The van der Waals surface area contributed by atoms with Gasteiger partial charge >= 0.3 is 0 Å². The highest BCUT2D eigenvalue weighted by molar-refractivity contribution is 6.18. The molecule has 1 saturated heterocycles. The molecule has 88 valence electrons. The molecule has 2 rings (SSSR count). The summed E-state index contributed by atoms with van der Waals surface area (Å²) in [6.45, 7) is 1.46. The van der Waals surface area contributed by atoms with Crippen LogP contribution in [0.1, 0.15) is 18.4 Å². The van der Waals surface area contributed by atoms with Crippen molar-refractivity contribution < 1.29 is 8.78 Å². The molecule has 1 nitrogen and oxygen atoms in total. The molecule has 4 heteroatoms. The van der Waals surface area contributed by atoms with E-state index in [0.29, 0.717) is 24.0 Å². The topological polar surface area (TPSA) is 3.24 Å². The largest absolute Gasteiger partial charge is 0.295 e. The van der Waals surface area contributed by atoms with Gasteiger partial charge in [0.25, 0.3) is 0 Å². The van der Waals surface area contributed by atoms with E-state index in [1.807, 2.05) is 0 Å². The fraction of sp³-hybridized carbons (Fsp3) is 0.500. The van der Waals surface area contributed by atoms with Crippen LogP contribution in [0.2, 0.25) is 0 Å². The Morgan fingerprint density at radius 1 is 1.38 bits per heavy atom. The summed E-state index contributed by atoms with van der Waals surface area (Å²) in [5.74, 6) is -0.431. The standard InChI is InChI=1S/C12H14ClF2N/c13-7-11-2-1-5-16(11)8-9-3-4-10(14)6-12(9)15/h3-4,6,11H,1-2,5,7-8H2. The molecule has 0 aromatic heterocycles. The number of rotatable bonds is 3. The zero-order valence-corrected chi connectivity index (χ0v) is 9.68. The van der Waals surface area contributed by atoms with Gasteiger partial charge in [0, 0.05) is 30.1 Å². The third-order valence-corrected chi connectivity index (χ3v) is 3.42. The Hall–Kier alpha value is -0.670. The van der Waals surface area contributed by atoms with Crippen LogP contribution < -0.4 is 0 Å². The lowest BCUT2D eigenvalue weighted by Gasteiger charge is -2.22. The maximum atomic E-state index is 13.4. The molecule has 1 aromatic carbocycles. The molecule has 1 aromatic rings. The number of alkyl halides is 1. The zero-order chi connectivity index (χ0) is 11.5. The van der Waals surface area contributed by atoms with Gasteiger partial charge in [-0.2, -0.15) is 0 Å². The van der Waals surface area contributed by atoms with E-state index in [4.69, 9.17) is 11.6 Å². The number of halogens is 3. The first-order chi connectivity index (χ1) is 7.70. The minimum Gasteiger partial charge on any atom is -0.295 e. The third-order valence-electron chi connectivity index (χ3n) is 3.07. The Kier molecular flexibility index (Phi) is 3.77. The van der Waals surface area contributed by atoms with Gasteiger partial charge in [-0.1, -0.05) is 6.07 Å². The van der Waals surface area contributed by atoms with E-state index in [0.717, 1.165) is 25.5 Å². The van der Waals surface area contributed by atoms with Crippen LogP contribution in [0, 0.1) is 11.6 Å². The maximum Gasteiger partial charge on any atom is 0.130 e. The van der Waals surface area contributed by atoms with Crippen LogP contribution in [-0.4, -0.2) is 23.4 Å². The Morgan fingerprint density at radius 3 is 2.88 bits per heavy atom. The SMILES string of the molecule is Fc1ccc(CN2CCCC2CCl)c(F)c1. The molecule has 1 fully saturated rings. The summed E-state index contributed by atoms with van der Waals surface area (Å²) in [4.78, 5) is 2.16. The number of likely N-dealkylation sites (tertiary alicyclic amines) is 1. The molecule has 1 atom stereocenters. The lowest BCUT2D eigenvalue weighted by molar-refractivity contribution is 0.259. The zero-order valence-electron chi connectivity index (χ0n) is 8.93. The molecule has 0 amide bonds. The lowest BCUT2D eigenvalue weighted by atomic mass is 10.2. The first-order valence-electron chi connectivity index (χ1n) is 5.44. The van der Waals surface area contributed by atoms with E-state index < -0.39 is 11.6 Å². The van der Waals surface area contributed by atoms with Gasteiger partial charge in [0.05, 0.1) is 0 Å². The van der Waals surface area contributed by atoms with Crippen LogP contribution in [0.5, 0.6) is 0 Å². The minimum absolute atomic E-state index is 0.325. The van der Waals surface area contributed by atoms with Crippen molar-refractivity contribution in [3.05, 3.63) is 35.4 Å². The molecule has 0 aliphatic carbocycles. The quantitative estimate of drug-likeness (QED) is 0.740. The molecule has 1 aliphatic rings. The second-order valence-corrected chi connectivity index (χ2v) is 4.47. The highest BCUT2D eigenvalue weighted by Gasteiger charge is 2.24. The van der Waals surface area contributed by atoms with Crippen LogP contribution in [0.25, 0.3) is 0 Å². The van der Waals surface area contributed by atoms with E-state index >= 15 is 0 Å². The molecule has 1 unspecified atom stereocenters. The van der Waals surface area contributed by atoms with E-state index in [2.05, 4.69) is 4.90 Å². The smallest absolute Gasteiger partial charge is 0.130 e. The number of hydrogen-bond donors (Lipinski definition) is 0. The molecule has 0 spiro atoms. The predicted octanol–water partition coefficient (Wildman–Crippen LogP) is 3.17. The van der Waals surface area contributed by atoms with Crippen molar-refractivity contribution in [3.63, 3.8) is 0 Å². The molecule has 0 N–H and O–H groups in total. The summed E-state index contributed by atoms with van der Waals surface area (Å²) >= 11 is 5.84. The molecule has 16 heavy (non-hydrogen) atoms. The number of hydrogen-bond acceptors (Lipinski definition) is 1.